The quantitative estimate of drug-likeness (QED) is 0.431. The van der Waals surface area contributed by atoms with Gasteiger partial charge in [0, 0.05) is 18.6 Å². The van der Waals surface area contributed by atoms with E-state index in [9.17, 15) is 19.7 Å². The summed E-state index contributed by atoms with van der Waals surface area (Å²) in [7, 11) is 1.28. The maximum atomic E-state index is 11.6. The molecule has 1 atom stereocenters. The van der Waals surface area contributed by atoms with Gasteiger partial charge in [0.15, 0.2) is 6.61 Å². The van der Waals surface area contributed by atoms with E-state index in [0.717, 1.165) is 0 Å². The molecule has 1 saturated heterocycles. The van der Waals surface area contributed by atoms with Gasteiger partial charge in [0.1, 0.15) is 5.75 Å². The highest BCUT2D eigenvalue weighted by Crippen LogP contribution is 2.30. The lowest BCUT2D eigenvalue weighted by molar-refractivity contribution is -0.385. The predicted molar refractivity (Wildman–Crippen MR) is 70.6 cm³/mol. The molecular weight excluding hydrogens is 298 g/mol. The van der Waals surface area contributed by atoms with E-state index >= 15 is 0 Å². The smallest absolute Gasteiger partial charge is 0.347 e. The van der Waals surface area contributed by atoms with E-state index in [1.54, 1.807) is 0 Å². The SMILES string of the molecule is COc1cc(OCC(=O)OC2CCOC2=O)ccc1[N+](=O)[O-]. The molecule has 118 valence electrons. The fraction of sp³-hybridized carbons (Fsp3) is 0.385. The van der Waals surface area contributed by atoms with Gasteiger partial charge in [0.05, 0.1) is 18.6 Å². The molecule has 1 unspecified atom stereocenters. The van der Waals surface area contributed by atoms with Crippen LogP contribution in [-0.2, 0) is 19.1 Å². The first kappa shape index (κ1) is 15.5. The Morgan fingerprint density at radius 3 is 2.86 bits per heavy atom. The Morgan fingerprint density at radius 1 is 1.50 bits per heavy atom. The first-order valence-corrected chi connectivity index (χ1v) is 6.32. The molecule has 9 nitrogen and oxygen atoms in total. The van der Waals surface area contributed by atoms with E-state index in [0.29, 0.717) is 6.42 Å². The molecule has 0 aliphatic carbocycles. The van der Waals surface area contributed by atoms with E-state index in [-0.39, 0.29) is 23.8 Å². The molecule has 0 saturated carbocycles. The van der Waals surface area contributed by atoms with Crippen molar-refractivity contribution in [2.24, 2.45) is 0 Å². The van der Waals surface area contributed by atoms with E-state index < -0.39 is 29.6 Å². The highest BCUT2D eigenvalue weighted by Gasteiger charge is 2.30. The first-order chi connectivity index (χ1) is 10.5. The Balaban J connectivity index is 1.92. The van der Waals surface area contributed by atoms with E-state index in [1.807, 2.05) is 0 Å². The monoisotopic (exact) mass is 311 g/mol. The third-order valence-corrected chi connectivity index (χ3v) is 2.87. The number of esters is 2. The second kappa shape index (κ2) is 6.74. The van der Waals surface area contributed by atoms with Gasteiger partial charge in [-0.3, -0.25) is 10.1 Å². The molecule has 22 heavy (non-hydrogen) atoms. The van der Waals surface area contributed by atoms with Crippen LogP contribution < -0.4 is 9.47 Å². The van der Waals surface area contributed by atoms with Crippen molar-refractivity contribution < 1.29 is 33.5 Å². The standard InChI is InChI=1S/C13H13NO8/c1-19-11-6-8(2-3-9(11)14(17)18)21-7-12(15)22-10-4-5-20-13(10)16/h2-3,6,10H,4-5,7H2,1H3. The molecule has 2 rings (SSSR count). The summed E-state index contributed by atoms with van der Waals surface area (Å²) in [6, 6.07) is 3.82. The number of nitro benzene ring substituents is 1. The maximum Gasteiger partial charge on any atom is 0.347 e. The highest BCUT2D eigenvalue weighted by molar-refractivity contribution is 5.81. The van der Waals surface area contributed by atoms with Crippen molar-refractivity contribution in [3.63, 3.8) is 0 Å². The molecule has 0 amide bonds. The van der Waals surface area contributed by atoms with Crippen molar-refractivity contribution in [2.45, 2.75) is 12.5 Å². The predicted octanol–water partition coefficient (Wildman–Crippen LogP) is 0.841. The number of carbonyl (C=O) groups is 2. The van der Waals surface area contributed by atoms with Crippen LogP contribution in [0.1, 0.15) is 6.42 Å². The van der Waals surface area contributed by atoms with Crippen molar-refractivity contribution in [1.29, 1.82) is 0 Å². The minimum atomic E-state index is -0.900. The zero-order valence-corrected chi connectivity index (χ0v) is 11.6. The van der Waals surface area contributed by atoms with Crippen LogP contribution in [0, 0.1) is 10.1 Å². The number of methoxy groups -OCH3 is 1. The number of nitro groups is 1. The number of carbonyl (C=O) groups excluding carboxylic acids is 2. The number of nitrogens with zero attached hydrogens (tertiary/aromatic N) is 1. The fourth-order valence-corrected chi connectivity index (χ4v) is 1.82. The molecule has 0 radical (unpaired) electrons. The van der Waals surface area contributed by atoms with Crippen LogP contribution in [-0.4, -0.2) is 43.3 Å². The lowest BCUT2D eigenvalue weighted by atomic mass is 10.3. The van der Waals surface area contributed by atoms with Crippen molar-refractivity contribution in [2.75, 3.05) is 20.3 Å². The number of benzene rings is 1. The second-order valence-electron chi connectivity index (χ2n) is 4.31. The molecule has 1 heterocycles. The van der Waals surface area contributed by atoms with Gasteiger partial charge < -0.3 is 18.9 Å². The summed E-state index contributed by atoms with van der Waals surface area (Å²) in [5.74, 6) is -1.10. The van der Waals surface area contributed by atoms with Crippen LogP contribution in [0.5, 0.6) is 11.5 Å². The number of ether oxygens (including phenoxy) is 4. The number of hydrogen-bond donors (Lipinski definition) is 0. The van der Waals surface area contributed by atoms with Gasteiger partial charge in [-0.15, -0.1) is 0 Å². The lowest BCUT2D eigenvalue weighted by Crippen LogP contribution is -2.26. The highest BCUT2D eigenvalue weighted by atomic mass is 16.6. The van der Waals surface area contributed by atoms with Gasteiger partial charge in [0.25, 0.3) is 0 Å². The molecule has 0 spiro atoms. The topological polar surface area (TPSA) is 114 Å². The Morgan fingerprint density at radius 2 is 2.27 bits per heavy atom. The van der Waals surface area contributed by atoms with Crippen molar-refractivity contribution in [1.82, 2.24) is 0 Å². The van der Waals surface area contributed by atoms with E-state index in [4.69, 9.17) is 14.2 Å². The summed E-state index contributed by atoms with van der Waals surface area (Å²) in [5, 5.41) is 10.7. The average molecular weight is 311 g/mol. The number of cyclic esters (lactones) is 1. The van der Waals surface area contributed by atoms with Gasteiger partial charge in [-0.1, -0.05) is 0 Å². The summed E-state index contributed by atoms with van der Waals surface area (Å²) >= 11 is 0. The van der Waals surface area contributed by atoms with Crippen molar-refractivity contribution >= 4 is 17.6 Å². The van der Waals surface area contributed by atoms with Gasteiger partial charge >= 0.3 is 17.6 Å². The molecule has 1 fully saturated rings. The van der Waals surface area contributed by atoms with Crippen LogP contribution in [0.15, 0.2) is 18.2 Å². The van der Waals surface area contributed by atoms with Gasteiger partial charge in [-0.05, 0) is 6.07 Å². The van der Waals surface area contributed by atoms with Crippen molar-refractivity contribution in [3.8, 4) is 11.5 Å². The minimum Gasteiger partial charge on any atom is -0.490 e. The molecule has 9 heteroatoms. The van der Waals surface area contributed by atoms with Crippen LogP contribution in [0.4, 0.5) is 5.69 Å². The van der Waals surface area contributed by atoms with Crippen LogP contribution >= 0.6 is 0 Å². The molecule has 1 aromatic rings. The third-order valence-electron chi connectivity index (χ3n) is 2.87. The molecular formula is C13H13NO8. The summed E-state index contributed by atoms with van der Waals surface area (Å²) in [6.45, 7) is -0.220. The summed E-state index contributed by atoms with van der Waals surface area (Å²) < 4.78 is 19.6. The molecule has 1 aliphatic rings. The lowest BCUT2D eigenvalue weighted by Gasteiger charge is -2.10. The molecule has 1 aliphatic heterocycles. The Labute approximate surface area is 124 Å². The van der Waals surface area contributed by atoms with Crippen molar-refractivity contribution in [3.05, 3.63) is 28.3 Å². The first-order valence-electron chi connectivity index (χ1n) is 6.32. The van der Waals surface area contributed by atoms with E-state index in [2.05, 4.69) is 4.74 Å². The normalized spacial score (nSPS) is 16.8. The summed E-state index contributed by atoms with van der Waals surface area (Å²) in [5.41, 5.74) is -0.217. The molecule has 0 bridgehead atoms. The summed E-state index contributed by atoms with van der Waals surface area (Å²) in [6.07, 6.45) is -0.585. The second-order valence-corrected chi connectivity index (χ2v) is 4.31. The zero-order chi connectivity index (χ0) is 16.1. The average Bonchev–Trinajstić information content (AvgIpc) is 2.89. The van der Waals surface area contributed by atoms with E-state index in [1.165, 1.54) is 25.3 Å². The van der Waals surface area contributed by atoms with Gasteiger partial charge in [-0.2, -0.15) is 0 Å². The summed E-state index contributed by atoms with van der Waals surface area (Å²) in [4.78, 5) is 32.9. The molecule has 1 aromatic carbocycles. The largest absolute Gasteiger partial charge is 0.490 e. The minimum absolute atomic E-state index is 0.00948. The van der Waals surface area contributed by atoms with Gasteiger partial charge in [-0.25, -0.2) is 9.59 Å². The Bertz CT molecular complexity index is 600. The Kier molecular flexibility index (Phi) is 4.77. The van der Waals surface area contributed by atoms with Crippen LogP contribution in [0.2, 0.25) is 0 Å². The maximum absolute atomic E-state index is 11.6. The molecule has 0 aromatic heterocycles. The number of hydrogen-bond acceptors (Lipinski definition) is 8. The number of rotatable bonds is 6. The van der Waals surface area contributed by atoms with Gasteiger partial charge in [0.2, 0.25) is 11.9 Å². The third kappa shape index (κ3) is 3.62. The van der Waals surface area contributed by atoms with Crippen LogP contribution in [0.25, 0.3) is 0 Å². The Hall–Kier alpha value is -2.84. The molecule has 0 N–H and O–H groups in total. The zero-order valence-electron chi connectivity index (χ0n) is 11.6. The fourth-order valence-electron chi connectivity index (χ4n) is 1.82. The van der Waals surface area contributed by atoms with Crippen LogP contribution in [0.3, 0.4) is 0 Å².